The van der Waals surface area contributed by atoms with Crippen LogP contribution in [-0.4, -0.2) is 5.11 Å². The summed E-state index contributed by atoms with van der Waals surface area (Å²) in [6.07, 6.45) is 0.323. The van der Waals surface area contributed by atoms with E-state index in [1.807, 2.05) is 43.3 Å². The summed E-state index contributed by atoms with van der Waals surface area (Å²) in [5.74, 6) is 0.798. The Bertz CT molecular complexity index is 493. The van der Waals surface area contributed by atoms with Crippen LogP contribution in [0.15, 0.2) is 36.4 Å². The second-order valence-electron chi connectivity index (χ2n) is 3.99. The molecule has 1 atom stereocenters. The van der Waals surface area contributed by atoms with Gasteiger partial charge in [0.25, 0.3) is 0 Å². The number of thiophene rings is 1. The number of ether oxygens (including phenoxy) is 1. The van der Waals surface area contributed by atoms with Crippen molar-refractivity contribution in [2.24, 2.45) is 0 Å². The van der Waals surface area contributed by atoms with Gasteiger partial charge in [-0.15, -0.1) is 11.3 Å². The molecule has 1 aromatic heterocycles. The van der Waals surface area contributed by atoms with E-state index >= 15 is 0 Å². The number of benzene rings is 1. The highest BCUT2D eigenvalue weighted by Crippen LogP contribution is 2.24. The van der Waals surface area contributed by atoms with Crippen LogP contribution in [0.25, 0.3) is 0 Å². The van der Waals surface area contributed by atoms with Gasteiger partial charge < -0.3 is 9.84 Å². The van der Waals surface area contributed by atoms with Crippen molar-refractivity contribution in [3.8, 4) is 5.75 Å². The van der Waals surface area contributed by atoms with E-state index in [0.717, 1.165) is 20.5 Å². The first-order chi connectivity index (χ1) is 8.69. The number of hydrogen-bond acceptors (Lipinski definition) is 3. The average molecular weight is 283 g/mol. The van der Waals surface area contributed by atoms with Gasteiger partial charge in [-0.05, 0) is 36.2 Å². The van der Waals surface area contributed by atoms with E-state index in [1.54, 1.807) is 0 Å². The molecule has 0 bridgehead atoms. The normalized spacial score (nSPS) is 12.4. The van der Waals surface area contributed by atoms with Gasteiger partial charge >= 0.3 is 0 Å². The summed E-state index contributed by atoms with van der Waals surface area (Å²) >= 11 is 7.37. The van der Waals surface area contributed by atoms with Gasteiger partial charge in [0.05, 0.1) is 10.4 Å². The molecule has 2 nitrogen and oxygen atoms in total. The number of aliphatic hydroxyl groups excluding tert-OH is 1. The van der Waals surface area contributed by atoms with Crippen molar-refractivity contribution >= 4 is 22.9 Å². The van der Waals surface area contributed by atoms with Crippen molar-refractivity contribution in [2.75, 3.05) is 0 Å². The Morgan fingerprint density at radius 3 is 2.50 bits per heavy atom. The molecular formula is C14H15ClO2S. The molecule has 0 aliphatic carbocycles. The largest absolute Gasteiger partial charge is 0.488 e. The third kappa shape index (κ3) is 3.48. The van der Waals surface area contributed by atoms with Gasteiger partial charge in [0.15, 0.2) is 0 Å². The molecule has 1 aromatic carbocycles. The minimum Gasteiger partial charge on any atom is -0.488 e. The molecule has 0 aliphatic heterocycles. The summed E-state index contributed by atoms with van der Waals surface area (Å²) in [6, 6.07) is 11.4. The molecule has 0 saturated carbocycles. The number of aliphatic hydroxyl groups is 1. The lowest BCUT2D eigenvalue weighted by Gasteiger charge is -2.09. The molecule has 0 radical (unpaired) electrons. The fourth-order valence-corrected chi connectivity index (χ4v) is 2.61. The van der Waals surface area contributed by atoms with Crippen LogP contribution in [0, 0.1) is 0 Å². The quantitative estimate of drug-likeness (QED) is 0.879. The highest BCUT2D eigenvalue weighted by molar-refractivity contribution is 7.16. The van der Waals surface area contributed by atoms with Crippen LogP contribution >= 0.6 is 22.9 Å². The molecule has 0 amide bonds. The summed E-state index contributed by atoms with van der Waals surface area (Å²) < 4.78 is 6.42. The molecule has 96 valence electrons. The molecule has 1 N–H and O–H groups in total. The maximum atomic E-state index is 9.68. The van der Waals surface area contributed by atoms with Crippen LogP contribution in [0.2, 0.25) is 4.34 Å². The Hall–Kier alpha value is -1.03. The van der Waals surface area contributed by atoms with Crippen LogP contribution < -0.4 is 4.74 Å². The van der Waals surface area contributed by atoms with Crippen molar-refractivity contribution in [1.29, 1.82) is 0 Å². The summed E-state index contributed by atoms with van der Waals surface area (Å²) in [6.45, 7) is 2.47. The third-order valence-electron chi connectivity index (χ3n) is 2.66. The highest BCUT2D eigenvalue weighted by atomic mass is 35.5. The van der Waals surface area contributed by atoms with E-state index in [9.17, 15) is 5.11 Å². The lowest BCUT2D eigenvalue weighted by molar-refractivity contribution is 0.173. The van der Waals surface area contributed by atoms with Crippen molar-refractivity contribution in [3.05, 3.63) is 51.2 Å². The van der Waals surface area contributed by atoms with E-state index in [-0.39, 0.29) is 0 Å². The molecule has 0 fully saturated rings. The van der Waals surface area contributed by atoms with Gasteiger partial charge in [-0.2, -0.15) is 0 Å². The standard InChI is InChI=1S/C14H15ClO2S/c1-2-13(16)10-3-5-11(6-4-10)17-9-12-7-8-14(15)18-12/h3-8,13,16H,2,9H2,1H3/t13-/m1/s1. The van der Waals surface area contributed by atoms with E-state index in [2.05, 4.69) is 0 Å². The monoisotopic (exact) mass is 282 g/mol. The zero-order valence-corrected chi connectivity index (χ0v) is 11.7. The molecule has 1 heterocycles. The van der Waals surface area contributed by atoms with E-state index in [4.69, 9.17) is 16.3 Å². The number of rotatable bonds is 5. The van der Waals surface area contributed by atoms with Gasteiger partial charge in [-0.3, -0.25) is 0 Å². The SMILES string of the molecule is CC[C@@H](O)c1ccc(OCc2ccc(Cl)s2)cc1. The lowest BCUT2D eigenvalue weighted by atomic mass is 10.1. The summed E-state index contributed by atoms with van der Waals surface area (Å²) in [7, 11) is 0. The smallest absolute Gasteiger partial charge is 0.122 e. The van der Waals surface area contributed by atoms with Crippen LogP contribution in [0.5, 0.6) is 5.75 Å². The summed E-state index contributed by atoms with van der Waals surface area (Å²) in [5.41, 5.74) is 0.920. The van der Waals surface area contributed by atoms with Crippen molar-refractivity contribution in [1.82, 2.24) is 0 Å². The first-order valence-electron chi connectivity index (χ1n) is 5.84. The minimum atomic E-state index is -0.393. The Kier molecular flexibility index (Phi) is 4.64. The molecule has 18 heavy (non-hydrogen) atoms. The Morgan fingerprint density at radius 1 is 1.22 bits per heavy atom. The van der Waals surface area contributed by atoms with E-state index in [1.165, 1.54) is 11.3 Å². The third-order valence-corrected chi connectivity index (χ3v) is 3.87. The predicted octanol–water partition coefficient (Wildman–Crippen LogP) is 4.42. The Morgan fingerprint density at radius 2 is 1.94 bits per heavy atom. The fourth-order valence-electron chi connectivity index (χ4n) is 1.61. The zero-order valence-electron chi connectivity index (χ0n) is 10.1. The lowest BCUT2D eigenvalue weighted by Crippen LogP contribution is -1.96. The topological polar surface area (TPSA) is 29.5 Å². The first-order valence-corrected chi connectivity index (χ1v) is 7.03. The van der Waals surface area contributed by atoms with Gasteiger partial charge in [0, 0.05) is 4.88 Å². The van der Waals surface area contributed by atoms with Crippen LogP contribution in [-0.2, 0) is 6.61 Å². The molecule has 0 saturated heterocycles. The van der Waals surface area contributed by atoms with Crippen molar-refractivity contribution < 1.29 is 9.84 Å². The zero-order chi connectivity index (χ0) is 13.0. The first kappa shape index (κ1) is 13.4. The number of halogens is 1. The Labute approximate surface area is 116 Å². The second kappa shape index (κ2) is 6.23. The van der Waals surface area contributed by atoms with Crippen molar-refractivity contribution in [3.63, 3.8) is 0 Å². The van der Waals surface area contributed by atoms with Gasteiger partial charge in [0.2, 0.25) is 0 Å². The molecule has 0 spiro atoms. The van der Waals surface area contributed by atoms with Gasteiger partial charge in [-0.25, -0.2) is 0 Å². The fraction of sp³-hybridized carbons (Fsp3) is 0.286. The van der Waals surface area contributed by atoms with Gasteiger partial charge in [-0.1, -0.05) is 30.7 Å². The maximum Gasteiger partial charge on any atom is 0.122 e. The molecule has 4 heteroatoms. The van der Waals surface area contributed by atoms with Gasteiger partial charge in [0.1, 0.15) is 12.4 Å². The molecular weight excluding hydrogens is 268 g/mol. The van der Waals surface area contributed by atoms with Crippen LogP contribution in [0.3, 0.4) is 0 Å². The van der Waals surface area contributed by atoms with Crippen LogP contribution in [0.1, 0.15) is 29.9 Å². The number of hydrogen-bond donors (Lipinski definition) is 1. The van der Waals surface area contributed by atoms with E-state index < -0.39 is 6.10 Å². The maximum absolute atomic E-state index is 9.68. The molecule has 0 aliphatic rings. The molecule has 2 rings (SSSR count). The summed E-state index contributed by atoms with van der Waals surface area (Å²) in [5, 5.41) is 9.68. The van der Waals surface area contributed by atoms with Crippen molar-refractivity contribution in [2.45, 2.75) is 26.1 Å². The van der Waals surface area contributed by atoms with E-state index in [0.29, 0.717) is 13.0 Å². The molecule has 2 aromatic rings. The Balaban J connectivity index is 1.94. The summed E-state index contributed by atoms with van der Waals surface area (Å²) in [4.78, 5) is 1.10. The second-order valence-corrected chi connectivity index (χ2v) is 5.79. The highest BCUT2D eigenvalue weighted by Gasteiger charge is 2.05. The van der Waals surface area contributed by atoms with Crippen LogP contribution in [0.4, 0.5) is 0 Å². The minimum absolute atomic E-state index is 0.393. The molecule has 0 unspecified atom stereocenters. The predicted molar refractivity (Wildman–Crippen MR) is 75.4 cm³/mol. The average Bonchev–Trinajstić information content (AvgIpc) is 2.82.